The average Bonchev–Trinajstić information content (AvgIpc) is 2.41. The van der Waals surface area contributed by atoms with Crippen molar-refractivity contribution in [1.29, 1.82) is 0 Å². The molecule has 0 aromatic carbocycles. The van der Waals surface area contributed by atoms with E-state index in [-0.39, 0.29) is 25.0 Å². The van der Waals surface area contributed by atoms with Gasteiger partial charge >= 0.3 is 0 Å². The number of carbonyl (C=O) groups excluding carboxylic acids is 1. The third kappa shape index (κ3) is 5.26. The molecule has 1 rings (SSSR count). The lowest BCUT2D eigenvalue weighted by molar-refractivity contribution is -0.121. The molecule has 0 bridgehead atoms. The van der Waals surface area contributed by atoms with E-state index in [4.69, 9.17) is 0 Å². The highest BCUT2D eigenvalue weighted by atomic mass is 32.2. The predicted molar refractivity (Wildman–Crippen MR) is 77.4 cm³/mol. The number of nitrogens with zero attached hydrogens (tertiary/aromatic N) is 2. The van der Waals surface area contributed by atoms with Crippen molar-refractivity contribution in [1.82, 2.24) is 14.6 Å². The molecule has 0 saturated carbocycles. The quantitative estimate of drug-likeness (QED) is 0.806. The first-order valence-electron chi connectivity index (χ1n) is 6.48. The van der Waals surface area contributed by atoms with Crippen LogP contribution in [0.4, 0.5) is 0 Å². The fraction of sp³-hybridized carbons (Fsp3) is 0.538. The van der Waals surface area contributed by atoms with Gasteiger partial charge in [-0.2, -0.15) is 4.31 Å². The van der Waals surface area contributed by atoms with Gasteiger partial charge in [-0.25, -0.2) is 8.42 Å². The minimum absolute atomic E-state index is 0.166. The monoisotopic (exact) mass is 299 g/mol. The second-order valence-electron chi connectivity index (χ2n) is 4.66. The van der Waals surface area contributed by atoms with Crippen LogP contribution in [0.2, 0.25) is 0 Å². The number of amides is 1. The third-order valence-electron chi connectivity index (χ3n) is 3.00. The molecule has 6 nitrogen and oxygen atoms in total. The number of carbonyl (C=O) groups is 1. The number of hydrogen-bond donors (Lipinski definition) is 1. The highest BCUT2D eigenvalue weighted by molar-refractivity contribution is 7.88. The second kappa shape index (κ2) is 7.35. The van der Waals surface area contributed by atoms with E-state index in [0.717, 1.165) is 11.9 Å². The summed E-state index contributed by atoms with van der Waals surface area (Å²) in [5.74, 6) is -0.332. The fourth-order valence-electron chi connectivity index (χ4n) is 1.69. The van der Waals surface area contributed by atoms with Crippen molar-refractivity contribution in [2.24, 2.45) is 0 Å². The lowest BCUT2D eigenvalue weighted by Crippen LogP contribution is -2.44. The van der Waals surface area contributed by atoms with E-state index in [9.17, 15) is 13.2 Å². The van der Waals surface area contributed by atoms with Gasteiger partial charge in [0, 0.05) is 12.2 Å². The van der Waals surface area contributed by atoms with E-state index in [1.807, 2.05) is 13.0 Å². The van der Waals surface area contributed by atoms with Crippen LogP contribution in [0.3, 0.4) is 0 Å². The Hall–Kier alpha value is -1.47. The average molecular weight is 299 g/mol. The minimum atomic E-state index is -3.40. The van der Waals surface area contributed by atoms with Crippen LogP contribution in [-0.4, -0.2) is 42.5 Å². The molecule has 0 saturated heterocycles. The molecular weight excluding hydrogens is 278 g/mol. The van der Waals surface area contributed by atoms with Gasteiger partial charge in [0.25, 0.3) is 0 Å². The Bertz CT molecular complexity index is 531. The van der Waals surface area contributed by atoms with Crippen molar-refractivity contribution in [3.05, 3.63) is 30.1 Å². The van der Waals surface area contributed by atoms with Gasteiger partial charge in [0.1, 0.15) is 0 Å². The number of pyridine rings is 1. The van der Waals surface area contributed by atoms with Gasteiger partial charge in [-0.3, -0.25) is 9.78 Å². The van der Waals surface area contributed by atoms with Crippen molar-refractivity contribution >= 4 is 15.9 Å². The first kappa shape index (κ1) is 16.6. The molecule has 1 aromatic heterocycles. The van der Waals surface area contributed by atoms with E-state index in [2.05, 4.69) is 10.3 Å². The molecule has 112 valence electrons. The van der Waals surface area contributed by atoms with E-state index in [0.29, 0.717) is 6.42 Å². The largest absolute Gasteiger partial charge is 0.349 e. The van der Waals surface area contributed by atoms with Crippen LogP contribution in [-0.2, 0) is 21.4 Å². The summed E-state index contributed by atoms with van der Waals surface area (Å²) in [6, 6.07) is 5.21. The molecule has 0 aliphatic carbocycles. The van der Waals surface area contributed by atoms with Gasteiger partial charge in [0.2, 0.25) is 15.9 Å². The smallest absolute Gasteiger partial charge is 0.235 e. The third-order valence-corrected chi connectivity index (χ3v) is 4.34. The first-order valence-corrected chi connectivity index (χ1v) is 8.32. The molecule has 1 amide bonds. The zero-order valence-corrected chi connectivity index (χ0v) is 12.9. The summed E-state index contributed by atoms with van der Waals surface area (Å²) in [4.78, 5) is 15.9. The summed E-state index contributed by atoms with van der Waals surface area (Å²) in [5, 5.41) is 2.67. The van der Waals surface area contributed by atoms with Crippen LogP contribution >= 0.6 is 0 Å². The topological polar surface area (TPSA) is 79.4 Å². The highest BCUT2D eigenvalue weighted by Gasteiger charge is 2.24. The Morgan fingerprint density at radius 3 is 2.65 bits per heavy atom. The number of aromatic nitrogens is 1. The van der Waals surface area contributed by atoms with Crippen molar-refractivity contribution < 1.29 is 13.2 Å². The van der Waals surface area contributed by atoms with Crippen molar-refractivity contribution in [3.8, 4) is 0 Å². The van der Waals surface area contributed by atoms with Crippen LogP contribution in [0.5, 0.6) is 0 Å². The molecule has 0 radical (unpaired) electrons. The van der Waals surface area contributed by atoms with Crippen LogP contribution in [0, 0.1) is 0 Å². The van der Waals surface area contributed by atoms with Crippen molar-refractivity contribution in [2.45, 2.75) is 32.9 Å². The van der Waals surface area contributed by atoms with Crippen molar-refractivity contribution in [2.75, 3.05) is 12.8 Å². The Labute approximate surface area is 120 Å². The molecule has 1 unspecified atom stereocenters. The zero-order chi connectivity index (χ0) is 15.2. The lowest BCUT2D eigenvalue weighted by Gasteiger charge is -2.25. The molecule has 0 aliphatic heterocycles. The van der Waals surface area contributed by atoms with Gasteiger partial charge in [-0.05, 0) is 25.5 Å². The molecule has 1 atom stereocenters. The summed E-state index contributed by atoms with van der Waals surface area (Å²) < 4.78 is 24.6. The molecule has 1 N–H and O–H groups in total. The van der Waals surface area contributed by atoms with Crippen LogP contribution in [0.1, 0.15) is 26.0 Å². The molecule has 0 fully saturated rings. The van der Waals surface area contributed by atoms with Gasteiger partial charge in [-0.15, -0.1) is 0 Å². The second-order valence-corrected chi connectivity index (χ2v) is 6.60. The maximum atomic E-state index is 11.8. The summed E-state index contributed by atoms with van der Waals surface area (Å²) in [6.45, 7) is 3.79. The molecule has 20 heavy (non-hydrogen) atoms. The van der Waals surface area contributed by atoms with Crippen molar-refractivity contribution in [3.63, 3.8) is 0 Å². The van der Waals surface area contributed by atoms with E-state index >= 15 is 0 Å². The zero-order valence-electron chi connectivity index (χ0n) is 12.0. The number of sulfonamides is 1. The highest BCUT2D eigenvalue weighted by Crippen LogP contribution is 2.08. The SMILES string of the molecule is CCC(C)N(CC(=O)NCc1ccccn1)S(C)(=O)=O. The molecular formula is C13H21N3O3S. The fourth-order valence-corrected chi connectivity index (χ4v) is 2.85. The maximum absolute atomic E-state index is 11.8. The summed E-state index contributed by atoms with van der Waals surface area (Å²) >= 11 is 0. The molecule has 7 heteroatoms. The summed E-state index contributed by atoms with van der Waals surface area (Å²) in [6.07, 6.45) is 3.41. The number of rotatable bonds is 7. The maximum Gasteiger partial charge on any atom is 0.235 e. The number of nitrogens with one attached hydrogen (secondary N) is 1. The van der Waals surface area contributed by atoms with Gasteiger partial charge < -0.3 is 5.32 Å². The first-order chi connectivity index (χ1) is 9.34. The summed E-state index contributed by atoms with van der Waals surface area (Å²) in [5.41, 5.74) is 0.732. The summed E-state index contributed by atoms with van der Waals surface area (Å²) in [7, 11) is -3.40. The van der Waals surface area contributed by atoms with Gasteiger partial charge in [0.05, 0.1) is 25.0 Å². The Balaban J connectivity index is 2.59. The van der Waals surface area contributed by atoms with E-state index in [1.165, 1.54) is 4.31 Å². The molecule has 1 heterocycles. The minimum Gasteiger partial charge on any atom is -0.349 e. The van der Waals surface area contributed by atoms with Gasteiger partial charge in [-0.1, -0.05) is 13.0 Å². The lowest BCUT2D eigenvalue weighted by atomic mass is 10.2. The van der Waals surface area contributed by atoms with E-state index in [1.54, 1.807) is 25.3 Å². The Morgan fingerprint density at radius 2 is 2.15 bits per heavy atom. The van der Waals surface area contributed by atoms with Crippen LogP contribution in [0.15, 0.2) is 24.4 Å². The standard InChI is InChI=1S/C13H21N3O3S/c1-4-11(2)16(20(3,18)19)10-13(17)15-9-12-7-5-6-8-14-12/h5-8,11H,4,9-10H2,1-3H3,(H,15,17). The Morgan fingerprint density at radius 1 is 1.45 bits per heavy atom. The Kier molecular flexibility index (Phi) is 6.09. The van der Waals surface area contributed by atoms with Crippen LogP contribution in [0.25, 0.3) is 0 Å². The molecule has 0 spiro atoms. The van der Waals surface area contributed by atoms with E-state index < -0.39 is 10.0 Å². The predicted octanol–water partition coefficient (Wildman–Crippen LogP) is 0.758. The molecule has 1 aromatic rings. The normalized spacial score (nSPS) is 13.2. The number of hydrogen-bond acceptors (Lipinski definition) is 4. The van der Waals surface area contributed by atoms with Crippen LogP contribution < -0.4 is 5.32 Å². The van der Waals surface area contributed by atoms with Gasteiger partial charge in [0.15, 0.2) is 0 Å². The molecule has 0 aliphatic rings.